The van der Waals surface area contributed by atoms with Gasteiger partial charge in [-0.1, -0.05) is 11.3 Å². The number of carbonyl (C=O) groups excluding carboxylic acids is 1. The second-order valence-corrected chi connectivity index (χ2v) is 9.96. The molecule has 2 aromatic heterocycles. The number of hydrogen-bond donors (Lipinski definition) is 1. The minimum absolute atomic E-state index is 0.0809. The predicted molar refractivity (Wildman–Crippen MR) is 118 cm³/mol. The molecule has 2 aromatic rings. The standard InChI is InChI=1S/C22H29F3N4O4S/c1-14-10-20(28-33-14)31-12-19(30)26-16-4-2-15(3-5-16)6-8-29-9-7-18-17(11-29)27-21(34-18)32-13-22(23,24)25/h10,15-16H,2-9,11-13H2,1H3,(H,26,30)/t15-,16-. The number of alkyl halides is 3. The molecule has 3 heterocycles. The van der Waals surface area contributed by atoms with Gasteiger partial charge in [0.15, 0.2) is 13.2 Å². The molecule has 0 unspecified atom stereocenters. The molecule has 0 radical (unpaired) electrons. The van der Waals surface area contributed by atoms with Crippen LogP contribution in [0.3, 0.4) is 0 Å². The van der Waals surface area contributed by atoms with Crippen LogP contribution < -0.4 is 14.8 Å². The smallest absolute Gasteiger partial charge is 0.422 e. The summed E-state index contributed by atoms with van der Waals surface area (Å²) < 4.78 is 52.1. The van der Waals surface area contributed by atoms with E-state index < -0.39 is 12.8 Å². The molecular formula is C22H29F3N4O4S. The summed E-state index contributed by atoms with van der Waals surface area (Å²) in [5.74, 6) is 1.38. The molecular weight excluding hydrogens is 473 g/mol. The van der Waals surface area contributed by atoms with E-state index in [-0.39, 0.29) is 23.7 Å². The Balaban J connectivity index is 1.12. The van der Waals surface area contributed by atoms with Gasteiger partial charge in [-0.3, -0.25) is 9.69 Å². The van der Waals surface area contributed by atoms with Gasteiger partial charge in [-0.2, -0.15) is 13.2 Å². The Hall–Kier alpha value is -2.34. The summed E-state index contributed by atoms with van der Waals surface area (Å²) in [5, 5.41) is 6.84. The van der Waals surface area contributed by atoms with Crippen LogP contribution >= 0.6 is 11.3 Å². The first kappa shape index (κ1) is 24.8. The van der Waals surface area contributed by atoms with Gasteiger partial charge in [0, 0.05) is 30.1 Å². The lowest BCUT2D eigenvalue weighted by atomic mass is 9.84. The van der Waals surface area contributed by atoms with Gasteiger partial charge in [0.2, 0.25) is 0 Å². The fraction of sp³-hybridized carbons (Fsp3) is 0.682. The van der Waals surface area contributed by atoms with Gasteiger partial charge in [-0.25, -0.2) is 4.98 Å². The highest BCUT2D eigenvalue weighted by molar-refractivity contribution is 7.13. The lowest BCUT2D eigenvalue weighted by Crippen LogP contribution is -2.40. The summed E-state index contributed by atoms with van der Waals surface area (Å²) in [6.07, 6.45) is 1.48. The average Bonchev–Trinajstić information content (AvgIpc) is 3.40. The quantitative estimate of drug-likeness (QED) is 0.557. The van der Waals surface area contributed by atoms with E-state index in [1.54, 1.807) is 13.0 Å². The normalized spacial score (nSPS) is 21.2. The predicted octanol–water partition coefficient (Wildman–Crippen LogP) is 3.88. The third kappa shape index (κ3) is 7.33. The highest BCUT2D eigenvalue weighted by atomic mass is 32.1. The third-order valence-corrected chi connectivity index (χ3v) is 7.24. The minimum atomic E-state index is -4.36. The zero-order valence-electron chi connectivity index (χ0n) is 19.0. The van der Waals surface area contributed by atoms with E-state index in [1.165, 1.54) is 11.3 Å². The molecule has 12 heteroatoms. The fourth-order valence-electron chi connectivity index (χ4n) is 4.41. The van der Waals surface area contributed by atoms with Crippen molar-refractivity contribution in [2.24, 2.45) is 5.92 Å². The van der Waals surface area contributed by atoms with Gasteiger partial charge >= 0.3 is 6.18 Å². The van der Waals surface area contributed by atoms with Crippen LogP contribution in [0.1, 0.15) is 48.4 Å². The first-order valence-electron chi connectivity index (χ1n) is 11.5. The van der Waals surface area contributed by atoms with Gasteiger partial charge in [0.05, 0.1) is 5.69 Å². The maximum absolute atomic E-state index is 12.4. The first-order chi connectivity index (χ1) is 16.2. The van der Waals surface area contributed by atoms with E-state index in [9.17, 15) is 18.0 Å². The Morgan fingerprint density at radius 3 is 2.79 bits per heavy atom. The van der Waals surface area contributed by atoms with Crippen molar-refractivity contribution in [2.75, 3.05) is 26.3 Å². The van der Waals surface area contributed by atoms with Crippen molar-refractivity contribution in [3.8, 4) is 11.1 Å². The topological polar surface area (TPSA) is 89.7 Å². The van der Waals surface area contributed by atoms with Crippen LogP contribution in [0.25, 0.3) is 0 Å². The SMILES string of the molecule is Cc1cc(OCC(=O)N[C@H]2CC[C@H](CCN3CCc4sc(OCC(F)(F)F)nc4C3)CC2)no1. The Kier molecular flexibility index (Phi) is 7.97. The van der Waals surface area contributed by atoms with Crippen molar-refractivity contribution < 1.29 is 32.0 Å². The van der Waals surface area contributed by atoms with Crippen LogP contribution in [-0.2, 0) is 17.8 Å². The lowest BCUT2D eigenvalue weighted by Gasteiger charge is -2.31. The summed E-state index contributed by atoms with van der Waals surface area (Å²) in [7, 11) is 0. The van der Waals surface area contributed by atoms with Gasteiger partial charge in [0.25, 0.3) is 17.0 Å². The second-order valence-electron chi connectivity index (χ2n) is 8.92. The van der Waals surface area contributed by atoms with E-state index in [2.05, 4.69) is 20.4 Å². The Labute approximate surface area is 199 Å². The van der Waals surface area contributed by atoms with E-state index in [0.29, 0.717) is 24.1 Å². The first-order valence-corrected chi connectivity index (χ1v) is 12.3. The molecule has 1 aliphatic carbocycles. The summed E-state index contributed by atoms with van der Waals surface area (Å²) in [5.41, 5.74) is 0.836. The molecule has 1 amide bonds. The monoisotopic (exact) mass is 502 g/mol. The van der Waals surface area contributed by atoms with Gasteiger partial charge in [-0.15, -0.1) is 0 Å². The summed E-state index contributed by atoms with van der Waals surface area (Å²) in [4.78, 5) is 19.7. The molecule has 1 aliphatic heterocycles. The molecule has 0 aromatic carbocycles. The molecule has 0 atom stereocenters. The molecule has 0 spiro atoms. The van der Waals surface area contributed by atoms with E-state index in [1.807, 2.05) is 0 Å². The number of halogens is 3. The molecule has 1 N–H and O–H groups in total. The van der Waals surface area contributed by atoms with Crippen LogP contribution in [0.5, 0.6) is 11.1 Å². The largest absolute Gasteiger partial charge is 0.465 e. The van der Waals surface area contributed by atoms with Gasteiger partial charge < -0.3 is 19.3 Å². The van der Waals surface area contributed by atoms with Crippen molar-refractivity contribution in [1.82, 2.24) is 20.4 Å². The van der Waals surface area contributed by atoms with Crippen LogP contribution in [0.15, 0.2) is 10.6 Å². The number of rotatable bonds is 9. The van der Waals surface area contributed by atoms with E-state index in [4.69, 9.17) is 14.0 Å². The third-order valence-electron chi connectivity index (χ3n) is 6.17. The van der Waals surface area contributed by atoms with Gasteiger partial charge in [-0.05, 0) is 63.1 Å². The van der Waals surface area contributed by atoms with Crippen molar-refractivity contribution in [1.29, 1.82) is 0 Å². The number of thiazole rings is 1. The number of nitrogens with one attached hydrogen (secondary N) is 1. The van der Waals surface area contributed by atoms with Crippen LogP contribution in [0.4, 0.5) is 13.2 Å². The van der Waals surface area contributed by atoms with Crippen LogP contribution in [0, 0.1) is 12.8 Å². The van der Waals surface area contributed by atoms with E-state index in [0.717, 1.165) is 62.2 Å². The molecule has 0 bridgehead atoms. The number of amides is 1. The maximum Gasteiger partial charge on any atom is 0.422 e. The summed E-state index contributed by atoms with van der Waals surface area (Å²) in [6.45, 7) is 2.83. The van der Waals surface area contributed by atoms with E-state index >= 15 is 0 Å². The van der Waals surface area contributed by atoms with Crippen molar-refractivity contribution in [3.63, 3.8) is 0 Å². The van der Waals surface area contributed by atoms with Crippen molar-refractivity contribution >= 4 is 17.2 Å². The van der Waals surface area contributed by atoms with Crippen molar-refractivity contribution in [3.05, 3.63) is 22.4 Å². The fourth-order valence-corrected chi connectivity index (χ4v) is 5.31. The lowest BCUT2D eigenvalue weighted by molar-refractivity contribution is -0.153. The molecule has 1 saturated carbocycles. The molecule has 2 aliphatic rings. The van der Waals surface area contributed by atoms with Crippen LogP contribution in [-0.4, -0.2) is 59.5 Å². The minimum Gasteiger partial charge on any atom is -0.465 e. The zero-order valence-corrected chi connectivity index (χ0v) is 19.8. The Bertz CT molecular complexity index is 956. The Morgan fingerprint density at radius 1 is 1.29 bits per heavy atom. The molecule has 4 rings (SSSR count). The van der Waals surface area contributed by atoms with Crippen molar-refractivity contribution in [2.45, 2.75) is 64.2 Å². The highest BCUT2D eigenvalue weighted by Crippen LogP contribution is 2.32. The number of fused-ring (bicyclic) bond motifs is 1. The Morgan fingerprint density at radius 2 is 2.09 bits per heavy atom. The summed E-state index contributed by atoms with van der Waals surface area (Å²) in [6, 6.07) is 1.80. The second kappa shape index (κ2) is 10.9. The molecule has 188 valence electrons. The van der Waals surface area contributed by atoms with Gasteiger partial charge in [0.1, 0.15) is 5.76 Å². The highest BCUT2D eigenvalue weighted by Gasteiger charge is 2.30. The number of hydrogen-bond acceptors (Lipinski definition) is 8. The molecule has 1 fully saturated rings. The molecule has 34 heavy (non-hydrogen) atoms. The van der Waals surface area contributed by atoms with Crippen LogP contribution in [0.2, 0.25) is 0 Å². The number of aromatic nitrogens is 2. The number of nitrogens with zero attached hydrogens (tertiary/aromatic N) is 3. The number of aryl methyl sites for hydroxylation is 1. The number of ether oxygens (including phenoxy) is 2. The number of carbonyl (C=O) groups is 1. The average molecular weight is 503 g/mol. The maximum atomic E-state index is 12.4. The molecule has 8 nitrogen and oxygen atoms in total. The zero-order chi connectivity index (χ0) is 24.1. The summed E-state index contributed by atoms with van der Waals surface area (Å²) >= 11 is 1.22. The molecule has 0 saturated heterocycles.